The predicted octanol–water partition coefficient (Wildman–Crippen LogP) is 16.7. The molecule has 5 nitrogen and oxygen atoms in total. The van der Waals surface area contributed by atoms with Crippen molar-refractivity contribution in [3.63, 3.8) is 0 Å². The third-order valence-electron chi connectivity index (χ3n) is 14.8. The highest BCUT2D eigenvalue weighted by atomic mass is 15.0. The zero-order valence-corrected chi connectivity index (χ0v) is 39.3. The van der Waals surface area contributed by atoms with Crippen LogP contribution in [0.25, 0.3) is 123 Å². The van der Waals surface area contributed by atoms with Gasteiger partial charge in [0.05, 0.1) is 22.1 Å². The van der Waals surface area contributed by atoms with E-state index in [9.17, 15) is 0 Å². The van der Waals surface area contributed by atoms with Crippen molar-refractivity contribution < 1.29 is 0 Å². The minimum absolute atomic E-state index is 0.178. The molecule has 0 atom stereocenters. The molecule has 0 saturated carbocycles. The van der Waals surface area contributed by atoms with Gasteiger partial charge in [0.25, 0.3) is 0 Å². The van der Waals surface area contributed by atoms with Crippen molar-refractivity contribution in [1.82, 2.24) is 24.1 Å². The van der Waals surface area contributed by atoms with Crippen LogP contribution in [0.3, 0.4) is 0 Å². The van der Waals surface area contributed by atoms with Gasteiger partial charge in [-0.2, -0.15) is 0 Å². The lowest BCUT2D eigenvalue weighted by atomic mass is 9.82. The molecule has 0 unspecified atom stereocenters. The Morgan fingerprint density at radius 2 is 0.789 bits per heavy atom. The van der Waals surface area contributed by atoms with Gasteiger partial charge in [-0.3, -0.25) is 0 Å². The lowest BCUT2D eigenvalue weighted by Gasteiger charge is -2.21. The molecular formula is C66H45N5. The third kappa shape index (κ3) is 6.51. The van der Waals surface area contributed by atoms with Crippen LogP contribution >= 0.6 is 0 Å². The maximum atomic E-state index is 5.45. The van der Waals surface area contributed by atoms with Crippen LogP contribution in [0.5, 0.6) is 0 Å². The van der Waals surface area contributed by atoms with E-state index in [2.05, 4.69) is 241 Å². The van der Waals surface area contributed by atoms with Crippen LogP contribution < -0.4 is 0 Å². The molecule has 10 aromatic carbocycles. The minimum atomic E-state index is -0.178. The van der Waals surface area contributed by atoms with Gasteiger partial charge in [-0.05, 0) is 117 Å². The summed E-state index contributed by atoms with van der Waals surface area (Å²) >= 11 is 0. The van der Waals surface area contributed by atoms with E-state index in [1.54, 1.807) is 0 Å². The Hall–Kier alpha value is -9.19. The number of benzene rings is 10. The number of hydrogen-bond acceptors (Lipinski definition) is 3. The first-order valence-electron chi connectivity index (χ1n) is 24.3. The second-order valence-corrected chi connectivity index (χ2v) is 19.2. The fourth-order valence-electron chi connectivity index (χ4n) is 11.4. The largest absolute Gasteiger partial charge is 0.309 e. The summed E-state index contributed by atoms with van der Waals surface area (Å²) in [5.41, 5.74) is 19.1. The number of hydrogen-bond donors (Lipinski definition) is 0. The Morgan fingerprint density at radius 1 is 0.296 bits per heavy atom. The number of nitrogens with zero attached hydrogens (tertiary/aromatic N) is 5. The van der Waals surface area contributed by atoms with Crippen LogP contribution in [0.1, 0.15) is 25.0 Å². The van der Waals surface area contributed by atoms with Crippen LogP contribution in [0, 0.1) is 0 Å². The molecule has 0 amide bonds. The summed E-state index contributed by atoms with van der Waals surface area (Å²) in [6.07, 6.45) is 0. The molecule has 0 radical (unpaired) electrons. The van der Waals surface area contributed by atoms with E-state index in [0.717, 1.165) is 61.3 Å². The molecule has 0 fully saturated rings. The molecule has 3 heterocycles. The van der Waals surface area contributed by atoms with E-state index in [1.165, 1.54) is 54.9 Å². The van der Waals surface area contributed by atoms with E-state index >= 15 is 0 Å². The lowest BCUT2D eigenvalue weighted by Crippen LogP contribution is -2.15. The minimum Gasteiger partial charge on any atom is -0.309 e. The first-order valence-corrected chi connectivity index (χ1v) is 24.3. The predicted molar refractivity (Wildman–Crippen MR) is 293 cm³/mol. The van der Waals surface area contributed by atoms with Crippen LogP contribution in [0.4, 0.5) is 0 Å². The summed E-state index contributed by atoms with van der Waals surface area (Å²) < 4.78 is 4.79. The highest BCUT2D eigenvalue weighted by Gasteiger charge is 2.35. The maximum Gasteiger partial charge on any atom is 0.164 e. The van der Waals surface area contributed by atoms with E-state index < -0.39 is 0 Å². The molecule has 0 saturated heterocycles. The Balaban J connectivity index is 1.04. The Morgan fingerprint density at radius 3 is 1.48 bits per heavy atom. The Labute approximate surface area is 411 Å². The van der Waals surface area contributed by atoms with Crippen molar-refractivity contribution in [3.05, 3.63) is 248 Å². The first-order chi connectivity index (χ1) is 35.0. The van der Waals surface area contributed by atoms with Crippen molar-refractivity contribution in [1.29, 1.82) is 0 Å². The molecule has 0 N–H and O–H groups in total. The van der Waals surface area contributed by atoms with Gasteiger partial charge in [0.1, 0.15) is 0 Å². The molecule has 0 spiro atoms. The molecule has 0 aliphatic heterocycles. The van der Waals surface area contributed by atoms with Crippen LogP contribution in [-0.2, 0) is 5.41 Å². The molecule has 14 rings (SSSR count). The van der Waals surface area contributed by atoms with Gasteiger partial charge in [0.15, 0.2) is 17.5 Å². The number of para-hydroxylation sites is 3. The second-order valence-electron chi connectivity index (χ2n) is 19.2. The third-order valence-corrected chi connectivity index (χ3v) is 14.8. The smallest absolute Gasteiger partial charge is 0.164 e. The van der Waals surface area contributed by atoms with Gasteiger partial charge in [-0.15, -0.1) is 0 Å². The van der Waals surface area contributed by atoms with Gasteiger partial charge in [-0.1, -0.05) is 178 Å². The van der Waals surface area contributed by atoms with Crippen molar-refractivity contribution in [2.45, 2.75) is 19.3 Å². The highest BCUT2D eigenvalue weighted by molar-refractivity contribution is 6.18. The maximum absolute atomic E-state index is 5.45. The zero-order chi connectivity index (χ0) is 47.2. The number of rotatable bonds is 7. The van der Waals surface area contributed by atoms with Crippen LogP contribution in [-0.4, -0.2) is 24.1 Å². The van der Waals surface area contributed by atoms with Crippen molar-refractivity contribution in [2.24, 2.45) is 0 Å². The molecule has 1 aliphatic rings. The average molecular weight is 908 g/mol. The molecule has 3 aromatic heterocycles. The summed E-state index contributed by atoms with van der Waals surface area (Å²) in [5.74, 6) is 1.88. The fraction of sp³-hybridized carbons (Fsp3) is 0.0455. The van der Waals surface area contributed by atoms with Crippen molar-refractivity contribution >= 4 is 43.6 Å². The fourth-order valence-corrected chi connectivity index (χ4v) is 11.4. The highest BCUT2D eigenvalue weighted by Crippen LogP contribution is 2.50. The van der Waals surface area contributed by atoms with E-state index in [0.29, 0.717) is 17.5 Å². The van der Waals surface area contributed by atoms with E-state index in [-0.39, 0.29) is 5.41 Å². The summed E-state index contributed by atoms with van der Waals surface area (Å²) in [5, 5.41) is 4.72. The molecule has 0 bridgehead atoms. The quantitative estimate of drug-likeness (QED) is 0.160. The Bertz CT molecular complexity index is 4230. The zero-order valence-electron chi connectivity index (χ0n) is 39.3. The molecule has 334 valence electrons. The van der Waals surface area contributed by atoms with E-state index in [4.69, 9.17) is 15.0 Å². The molecule has 1 aliphatic carbocycles. The molecular weight excluding hydrogens is 863 g/mol. The SMILES string of the molecule is CC1(C)c2ccccc2-c2ccc(-c3nc(-c4ccccc4)nc(-c4cc(-c5ccc6c(c5)c5cc(-c7ccccc7)ccc5n6-c5ccccc5)c5c6ccccc6n(-c6ccccc6)c5c4)n3)cc21. The Kier molecular flexibility index (Phi) is 9.17. The summed E-state index contributed by atoms with van der Waals surface area (Å²) in [7, 11) is 0. The summed E-state index contributed by atoms with van der Waals surface area (Å²) in [6, 6.07) is 85.1. The van der Waals surface area contributed by atoms with Gasteiger partial charge >= 0.3 is 0 Å². The van der Waals surface area contributed by atoms with Gasteiger partial charge < -0.3 is 9.13 Å². The van der Waals surface area contributed by atoms with Gasteiger partial charge in [0.2, 0.25) is 0 Å². The second kappa shape index (κ2) is 15.9. The normalized spacial score (nSPS) is 12.8. The number of aromatic nitrogens is 5. The number of fused-ring (bicyclic) bond motifs is 9. The molecule has 13 aromatic rings. The molecule has 71 heavy (non-hydrogen) atoms. The summed E-state index contributed by atoms with van der Waals surface area (Å²) in [6.45, 7) is 4.63. The van der Waals surface area contributed by atoms with Crippen LogP contribution in [0.15, 0.2) is 237 Å². The van der Waals surface area contributed by atoms with Gasteiger partial charge in [-0.25, -0.2) is 15.0 Å². The van der Waals surface area contributed by atoms with Crippen molar-refractivity contribution in [2.75, 3.05) is 0 Å². The monoisotopic (exact) mass is 907 g/mol. The van der Waals surface area contributed by atoms with Crippen molar-refractivity contribution in [3.8, 4) is 78.9 Å². The topological polar surface area (TPSA) is 48.5 Å². The summed E-state index contributed by atoms with van der Waals surface area (Å²) in [4.78, 5) is 16.1. The first kappa shape index (κ1) is 40.8. The molecule has 5 heteroatoms. The van der Waals surface area contributed by atoms with E-state index in [1.807, 2.05) is 18.2 Å². The average Bonchev–Trinajstić information content (AvgIpc) is 4.04. The van der Waals surface area contributed by atoms with Crippen LogP contribution in [0.2, 0.25) is 0 Å². The standard InChI is InChI=1S/C66H45N5/c1-66(2)56-29-17-15-27-50(56)51-34-31-46(40-57(51)66)64-67-63(43-21-9-4-10-22-43)68-65(69-64)47-39-53(62-52-28-16-18-30-58(52)71(61(62)41-47)49-25-13-6-14-26-49)45-33-36-60-55(38-45)54-37-44(42-19-7-3-8-20-42)32-35-59(54)70(60)48-23-11-5-12-24-48/h3-41H,1-2H3. The van der Waals surface area contributed by atoms with Gasteiger partial charge in [0, 0.05) is 55.0 Å². The lowest BCUT2D eigenvalue weighted by molar-refractivity contribution is 0.660.